The molecular weight excluding hydrogens is 438 g/mol. The fraction of sp³-hybridized carbons (Fsp3) is 0.176. The Morgan fingerprint density at radius 2 is 1.88 bits per heavy atom. The van der Waals surface area contributed by atoms with Crippen LogP contribution >= 0.6 is 24.0 Å². The van der Waals surface area contributed by atoms with E-state index in [9.17, 15) is 9.18 Å². The van der Waals surface area contributed by atoms with E-state index in [0.29, 0.717) is 0 Å². The van der Waals surface area contributed by atoms with Gasteiger partial charge in [-0.1, -0.05) is 12.1 Å². The number of hydrogen-bond donors (Lipinski definition) is 3. The molecule has 0 atom stereocenters. The number of nitrogens with one attached hydrogen (secondary N) is 2. The fourth-order valence-corrected chi connectivity index (χ4v) is 1.95. The molecule has 25 heavy (non-hydrogen) atoms. The van der Waals surface area contributed by atoms with Crippen LogP contribution in [0.1, 0.15) is 10.4 Å². The molecule has 0 aliphatic rings. The number of carbonyl (C=O) groups excluding carboxylic acids is 1. The lowest BCUT2D eigenvalue weighted by Crippen LogP contribution is -2.29. The molecule has 0 fully saturated rings. The Balaban J connectivity index is 0.00000312. The molecule has 2 rings (SSSR count). The van der Waals surface area contributed by atoms with Gasteiger partial charge in [-0.15, -0.1) is 24.0 Å². The summed E-state index contributed by atoms with van der Waals surface area (Å²) in [6, 6.07) is 13.0. The highest BCUT2D eigenvalue weighted by Gasteiger charge is 2.09. The number of nitrogens with two attached hydrogens (primary N) is 1. The number of amides is 1. The van der Waals surface area contributed by atoms with Crippen molar-refractivity contribution in [1.82, 2.24) is 5.32 Å². The van der Waals surface area contributed by atoms with Gasteiger partial charge in [-0.05, 0) is 36.4 Å². The van der Waals surface area contributed by atoms with Gasteiger partial charge in [-0.2, -0.15) is 0 Å². The van der Waals surface area contributed by atoms with Gasteiger partial charge in [0.15, 0.2) is 5.96 Å². The van der Waals surface area contributed by atoms with Crippen LogP contribution in [0.25, 0.3) is 0 Å². The Hall–Kier alpha value is -2.36. The first-order valence-electron chi connectivity index (χ1n) is 7.34. The van der Waals surface area contributed by atoms with Crippen molar-refractivity contribution >= 4 is 41.5 Å². The minimum Gasteiger partial charge on any atom is -0.497 e. The summed E-state index contributed by atoms with van der Waals surface area (Å²) in [5, 5.41) is 5.51. The zero-order chi connectivity index (χ0) is 17.4. The average molecular weight is 458 g/mol. The molecule has 0 saturated heterocycles. The molecule has 2 aromatic carbocycles. The Morgan fingerprint density at radius 1 is 1.20 bits per heavy atom. The predicted molar refractivity (Wildman–Crippen MR) is 107 cm³/mol. The molecule has 4 N–H and O–H groups in total. The van der Waals surface area contributed by atoms with Gasteiger partial charge in [0.05, 0.1) is 19.2 Å². The van der Waals surface area contributed by atoms with Crippen molar-refractivity contribution in [2.45, 2.75) is 0 Å². The highest BCUT2D eigenvalue weighted by atomic mass is 127. The lowest BCUT2D eigenvalue weighted by atomic mass is 10.2. The van der Waals surface area contributed by atoms with Crippen LogP contribution in [0.5, 0.6) is 5.75 Å². The zero-order valence-corrected chi connectivity index (χ0v) is 16.0. The summed E-state index contributed by atoms with van der Waals surface area (Å²) in [5.41, 5.74) is 6.54. The lowest BCUT2D eigenvalue weighted by molar-refractivity contribution is 0.0951. The lowest BCUT2D eigenvalue weighted by Gasteiger charge is -2.07. The second kappa shape index (κ2) is 10.5. The number of carbonyl (C=O) groups is 1. The maximum Gasteiger partial charge on any atom is 0.254 e. The summed E-state index contributed by atoms with van der Waals surface area (Å²) < 4.78 is 18.5. The molecule has 134 valence electrons. The van der Waals surface area contributed by atoms with Gasteiger partial charge in [-0.3, -0.25) is 9.79 Å². The van der Waals surface area contributed by atoms with Crippen LogP contribution in [0.15, 0.2) is 53.5 Å². The summed E-state index contributed by atoms with van der Waals surface area (Å²) in [5.74, 6) is -0.0728. The van der Waals surface area contributed by atoms with E-state index in [1.807, 2.05) is 0 Å². The van der Waals surface area contributed by atoms with Crippen LogP contribution in [0, 0.1) is 5.82 Å². The van der Waals surface area contributed by atoms with Crippen LogP contribution in [0.2, 0.25) is 0 Å². The molecule has 0 unspecified atom stereocenters. The molecule has 0 bridgehead atoms. The number of ether oxygens (including phenoxy) is 1. The predicted octanol–water partition coefficient (Wildman–Crippen LogP) is 2.61. The molecule has 0 aliphatic heterocycles. The quantitative estimate of drug-likeness (QED) is 0.269. The second-order valence-corrected chi connectivity index (χ2v) is 4.86. The van der Waals surface area contributed by atoms with E-state index >= 15 is 0 Å². The molecule has 8 heteroatoms. The SMILES string of the molecule is COc1ccc(NC(N)=NCCNC(=O)c2ccccc2F)cc1.I. The van der Waals surface area contributed by atoms with E-state index in [1.54, 1.807) is 37.4 Å². The number of hydrogen-bond acceptors (Lipinski definition) is 3. The topological polar surface area (TPSA) is 88.7 Å². The van der Waals surface area contributed by atoms with Crippen LogP contribution < -0.4 is 21.1 Å². The normalized spacial score (nSPS) is 10.6. The Morgan fingerprint density at radius 3 is 2.52 bits per heavy atom. The van der Waals surface area contributed by atoms with Crippen molar-refractivity contribution in [2.24, 2.45) is 10.7 Å². The number of anilines is 1. The number of halogens is 2. The molecule has 0 spiro atoms. The van der Waals surface area contributed by atoms with Gasteiger partial charge in [-0.25, -0.2) is 4.39 Å². The average Bonchev–Trinajstić information content (AvgIpc) is 2.59. The second-order valence-electron chi connectivity index (χ2n) is 4.86. The van der Waals surface area contributed by atoms with Crippen LogP contribution in [0.4, 0.5) is 10.1 Å². The fourth-order valence-electron chi connectivity index (χ4n) is 1.95. The molecule has 0 aliphatic carbocycles. The van der Waals surface area contributed by atoms with Gasteiger partial charge >= 0.3 is 0 Å². The monoisotopic (exact) mass is 458 g/mol. The third kappa shape index (κ3) is 6.57. The van der Waals surface area contributed by atoms with E-state index in [0.717, 1.165) is 11.4 Å². The molecule has 0 saturated carbocycles. The van der Waals surface area contributed by atoms with Crippen molar-refractivity contribution < 1.29 is 13.9 Å². The minimum absolute atomic E-state index is 0. The summed E-state index contributed by atoms with van der Waals surface area (Å²) in [6.45, 7) is 0.521. The standard InChI is InChI=1S/C17H19FN4O2.HI/c1-24-13-8-6-12(7-9-13)22-17(19)21-11-10-20-16(23)14-4-2-3-5-15(14)18;/h2-9H,10-11H2,1H3,(H,20,23)(H3,19,21,22);1H. The smallest absolute Gasteiger partial charge is 0.254 e. The Bertz CT molecular complexity index is 723. The van der Waals surface area contributed by atoms with E-state index < -0.39 is 11.7 Å². The number of benzene rings is 2. The highest BCUT2D eigenvalue weighted by Crippen LogP contribution is 2.14. The van der Waals surface area contributed by atoms with Gasteiger partial charge in [0.2, 0.25) is 0 Å². The largest absolute Gasteiger partial charge is 0.497 e. The maximum atomic E-state index is 13.4. The van der Waals surface area contributed by atoms with Crippen LogP contribution in [0.3, 0.4) is 0 Å². The minimum atomic E-state index is -0.556. The van der Waals surface area contributed by atoms with E-state index in [1.165, 1.54) is 18.2 Å². The first kappa shape index (κ1) is 20.7. The van der Waals surface area contributed by atoms with Crippen LogP contribution in [-0.4, -0.2) is 32.1 Å². The molecular formula is C17H20FIN4O2. The van der Waals surface area contributed by atoms with Gasteiger partial charge in [0.25, 0.3) is 5.91 Å². The summed E-state index contributed by atoms with van der Waals surface area (Å²) in [4.78, 5) is 15.9. The van der Waals surface area contributed by atoms with E-state index in [4.69, 9.17) is 10.5 Å². The first-order valence-corrected chi connectivity index (χ1v) is 7.34. The van der Waals surface area contributed by atoms with Gasteiger partial charge in [0, 0.05) is 12.2 Å². The first-order chi connectivity index (χ1) is 11.6. The zero-order valence-electron chi connectivity index (χ0n) is 13.7. The number of rotatable bonds is 6. The van der Waals surface area contributed by atoms with Crippen molar-refractivity contribution in [3.05, 3.63) is 59.9 Å². The molecule has 1 amide bonds. The van der Waals surface area contributed by atoms with Crippen molar-refractivity contribution in [1.29, 1.82) is 0 Å². The molecule has 0 radical (unpaired) electrons. The Labute approximate surface area is 162 Å². The number of guanidine groups is 1. The van der Waals surface area contributed by atoms with Crippen molar-refractivity contribution in [3.8, 4) is 5.75 Å². The summed E-state index contributed by atoms with van der Waals surface area (Å²) >= 11 is 0. The highest BCUT2D eigenvalue weighted by molar-refractivity contribution is 14.0. The number of aliphatic imine (C=N–C) groups is 1. The molecule has 0 aromatic heterocycles. The molecule has 0 heterocycles. The number of methoxy groups -OCH3 is 1. The van der Waals surface area contributed by atoms with Gasteiger partial charge in [0.1, 0.15) is 11.6 Å². The van der Waals surface area contributed by atoms with Gasteiger partial charge < -0.3 is 21.1 Å². The summed E-state index contributed by atoms with van der Waals surface area (Å²) in [6.07, 6.45) is 0. The van der Waals surface area contributed by atoms with E-state index in [2.05, 4.69) is 15.6 Å². The molecule has 2 aromatic rings. The summed E-state index contributed by atoms with van der Waals surface area (Å²) in [7, 11) is 1.59. The Kier molecular flexibility index (Phi) is 8.68. The third-order valence-electron chi connectivity index (χ3n) is 3.16. The van der Waals surface area contributed by atoms with Crippen molar-refractivity contribution in [3.63, 3.8) is 0 Å². The third-order valence-corrected chi connectivity index (χ3v) is 3.16. The van der Waals surface area contributed by atoms with Crippen LogP contribution in [-0.2, 0) is 0 Å². The maximum absolute atomic E-state index is 13.4. The molecule has 6 nitrogen and oxygen atoms in total. The number of nitrogens with zero attached hydrogens (tertiary/aromatic N) is 1. The van der Waals surface area contributed by atoms with Crippen molar-refractivity contribution in [2.75, 3.05) is 25.5 Å². The van der Waals surface area contributed by atoms with E-state index in [-0.39, 0.29) is 48.6 Å².